The van der Waals surface area contributed by atoms with Gasteiger partial charge in [0, 0.05) is 12.8 Å². The van der Waals surface area contributed by atoms with E-state index in [-0.39, 0.29) is 23.7 Å². The van der Waals surface area contributed by atoms with Crippen molar-refractivity contribution in [3.8, 4) is 0 Å². The molecule has 0 saturated carbocycles. The van der Waals surface area contributed by atoms with Gasteiger partial charge in [-0.1, -0.05) is 17.7 Å². The quantitative estimate of drug-likeness (QED) is 0.591. The van der Waals surface area contributed by atoms with Crippen LogP contribution in [0.1, 0.15) is 32.6 Å². The monoisotopic (exact) mass is 271 g/mol. The highest BCUT2D eigenvalue weighted by atomic mass is 32.2. The molecule has 1 aliphatic rings. The van der Waals surface area contributed by atoms with Crippen molar-refractivity contribution in [2.45, 2.75) is 32.6 Å². The van der Waals surface area contributed by atoms with Crippen LogP contribution in [0.25, 0.3) is 0 Å². The molecular weight excluding hydrogens is 257 g/mol. The predicted octanol–water partition coefficient (Wildman–Crippen LogP) is 0.542. The molecule has 0 unspecified atom stereocenters. The topological polar surface area (TPSA) is 101 Å². The molecule has 9 heteroatoms. The Kier molecular flexibility index (Phi) is 6.85. The number of hydrogen-bond acceptors (Lipinski definition) is 6. The van der Waals surface area contributed by atoms with Crippen LogP contribution in [0.3, 0.4) is 0 Å². The Morgan fingerprint density at radius 3 is 2.06 bits per heavy atom. The highest BCUT2D eigenvalue weighted by Gasteiger charge is 2.26. The summed E-state index contributed by atoms with van der Waals surface area (Å²) in [6.45, 7) is 1.81. The molecule has 0 spiro atoms. The maximum atomic E-state index is 11.0. The van der Waals surface area contributed by atoms with Crippen LogP contribution in [0.5, 0.6) is 0 Å². The minimum absolute atomic E-state index is 0.148. The summed E-state index contributed by atoms with van der Waals surface area (Å²) in [6, 6.07) is 0. The van der Waals surface area contributed by atoms with Crippen LogP contribution in [-0.2, 0) is 24.1 Å². The number of nitrogens with zero attached hydrogens (tertiary/aromatic N) is 1. The van der Waals surface area contributed by atoms with Gasteiger partial charge < -0.3 is 0 Å². The third-order valence-corrected chi connectivity index (χ3v) is 2.85. The molecule has 0 aromatic heterocycles. The molecule has 1 rings (SSSR count). The van der Waals surface area contributed by atoms with Crippen molar-refractivity contribution < 1.29 is 32.1 Å². The molecule has 1 heterocycles. The number of unbranched alkanes of at least 4 members (excludes halogenated alkanes) is 1. The zero-order chi connectivity index (χ0) is 13.5. The van der Waals surface area contributed by atoms with Crippen molar-refractivity contribution in [3.05, 3.63) is 0 Å². The summed E-state index contributed by atoms with van der Waals surface area (Å²) < 4.78 is 34.0. The van der Waals surface area contributed by atoms with Gasteiger partial charge in [0.1, 0.15) is 0 Å². The first-order valence-electron chi connectivity index (χ1n) is 4.91. The van der Waals surface area contributed by atoms with Gasteiger partial charge in [-0.2, -0.15) is 13.5 Å². The lowest BCUT2D eigenvalue weighted by atomic mass is 10.4. The molecule has 0 aromatic carbocycles. The van der Waals surface area contributed by atoms with Crippen molar-refractivity contribution in [3.63, 3.8) is 0 Å². The van der Waals surface area contributed by atoms with E-state index in [1.807, 2.05) is 6.92 Å². The van der Waals surface area contributed by atoms with E-state index in [0.29, 0.717) is 12.8 Å². The molecule has 1 N–H and O–H groups in total. The smallest absolute Gasteiger partial charge is 0.279 e. The Labute approximate surface area is 98.1 Å². The number of carbonyl (C=O) groups is 2. The second-order valence-corrected chi connectivity index (χ2v) is 4.93. The van der Waals surface area contributed by atoms with Gasteiger partial charge in [-0.25, -0.2) is 0 Å². The van der Waals surface area contributed by atoms with E-state index >= 15 is 0 Å². The van der Waals surface area contributed by atoms with E-state index in [9.17, 15) is 22.5 Å². The Balaban J connectivity index is 0.000000302. The number of rotatable bonds is 4. The number of halogens is 1. The largest absolute Gasteiger partial charge is 0.297 e. The fourth-order valence-electron chi connectivity index (χ4n) is 0.917. The molecule has 100 valence electrons. The summed E-state index contributed by atoms with van der Waals surface area (Å²) in [7, 11) is -3.85. The van der Waals surface area contributed by atoms with E-state index in [1.54, 1.807) is 0 Å². The van der Waals surface area contributed by atoms with Crippen LogP contribution in [-0.4, -0.2) is 36.3 Å². The molecule has 0 aliphatic carbocycles. The van der Waals surface area contributed by atoms with Gasteiger partial charge in [0.15, 0.2) is 0 Å². The predicted molar refractivity (Wildman–Crippen MR) is 53.8 cm³/mol. The summed E-state index contributed by atoms with van der Waals surface area (Å²) in [4.78, 5) is 20.5. The van der Waals surface area contributed by atoms with Crippen LogP contribution >= 0.6 is 0 Å². The molecule has 1 fully saturated rings. The molecule has 0 aromatic rings. The van der Waals surface area contributed by atoms with Crippen LogP contribution < -0.4 is 0 Å². The van der Waals surface area contributed by atoms with Gasteiger partial charge in [-0.15, -0.1) is 0 Å². The van der Waals surface area contributed by atoms with Crippen LogP contribution in [0, 0.1) is 0 Å². The van der Waals surface area contributed by atoms with Crippen LogP contribution in [0.15, 0.2) is 0 Å². The maximum Gasteiger partial charge on any atom is 0.297 e. The molecular formula is C8H14FNO6S. The lowest BCUT2D eigenvalue weighted by molar-refractivity contribution is -0.171. The number of amides is 2. The van der Waals surface area contributed by atoms with Gasteiger partial charge in [0.25, 0.3) is 21.9 Å². The molecule has 1 aliphatic heterocycles. The SMILES string of the molecule is CCCCS(=O)(=O)OF.O=C1CCC(=O)N1O. The van der Waals surface area contributed by atoms with E-state index < -0.39 is 21.9 Å². The fourth-order valence-corrected chi connectivity index (χ4v) is 1.62. The summed E-state index contributed by atoms with van der Waals surface area (Å²) in [6.07, 6.45) is 1.44. The van der Waals surface area contributed by atoms with Crippen molar-refractivity contribution in [2.75, 3.05) is 5.75 Å². The summed E-state index contributed by atoms with van der Waals surface area (Å²) >= 11 is 0. The van der Waals surface area contributed by atoms with E-state index in [0.717, 1.165) is 0 Å². The number of hydroxylamine groups is 2. The van der Waals surface area contributed by atoms with Gasteiger partial charge in [-0.05, 0) is 10.9 Å². The molecule has 0 atom stereocenters. The minimum atomic E-state index is -3.85. The number of imide groups is 1. The Morgan fingerprint density at radius 2 is 1.82 bits per heavy atom. The van der Waals surface area contributed by atoms with E-state index in [4.69, 9.17) is 5.21 Å². The zero-order valence-corrected chi connectivity index (χ0v) is 10.1. The van der Waals surface area contributed by atoms with Gasteiger partial charge >= 0.3 is 0 Å². The lowest BCUT2D eigenvalue weighted by Gasteiger charge is -1.98. The summed E-state index contributed by atoms with van der Waals surface area (Å²) in [5, 5.41) is 8.57. The highest BCUT2D eigenvalue weighted by molar-refractivity contribution is 7.86. The van der Waals surface area contributed by atoms with Gasteiger partial charge in [-0.3, -0.25) is 14.8 Å². The Bertz CT molecular complexity index is 352. The van der Waals surface area contributed by atoms with Crippen molar-refractivity contribution in [2.24, 2.45) is 0 Å². The Hall–Kier alpha value is -1.06. The maximum absolute atomic E-state index is 11.0. The highest BCUT2D eigenvalue weighted by Crippen LogP contribution is 2.07. The average molecular weight is 271 g/mol. The summed E-state index contributed by atoms with van der Waals surface area (Å²) in [5.74, 6) is -1.25. The molecule has 0 bridgehead atoms. The lowest BCUT2D eigenvalue weighted by Crippen LogP contribution is -2.24. The second kappa shape index (κ2) is 7.30. The number of carbonyl (C=O) groups excluding carboxylic acids is 2. The first-order valence-corrected chi connectivity index (χ1v) is 6.49. The van der Waals surface area contributed by atoms with Gasteiger partial charge in [0.05, 0.1) is 5.75 Å². The zero-order valence-electron chi connectivity index (χ0n) is 9.26. The average Bonchev–Trinajstić information content (AvgIpc) is 2.59. The fraction of sp³-hybridized carbons (Fsp3) is 0.750. The molecule has 2 amide bonds. The summed E-state index contributed by atoms with van der Waals surface area (Å²) in [5.41, 5.74) is 0. The second-order valence-electron chi connectivity index (χ2n) is 3.28. The normalized spacial score (nSPS) is 15.8. The molecule has 7 nitrogen and oxygen atoms in total. The molecule has 17 heavy (non-hydrogen) atoms. The standard InChI is InChI=1S/C4H9FO3S.C4H5NO3/c1-2-3-4-9(6,7)8-5;6-3-1-2-4(7)5(3)8/h2-4H2,1H3;8H,1-2H2. The Morgan fingerprint density at radius 1 is 1.35 bits per heavy atom. The van der Waals surface area contributed by atoms with Gasteiger partial charge in [0.2, 0.25) is 0 Å². The van der Waals surface area contributed by atoms with Crippen molar-refractivity contribution in [1.29, 1.82) is 0 Å². The first-order chi connectivity index (χ1) is 7.84. The molecule has 1 saturated heterocycles. The van der Waals surface area contributed by atoms with Crippen molar-refractivity contribution in [1.82, 2.24) is 5.06 Å². The van der Waals surface area contributed by atoms with Crippen molar-refractivity contribution >= 4 is 21.9 Å². The third kappa shape index (κ3) is 6.29. The third-order valence-electron chi connectivity index (χ3n) is 1.87. The molecule has 0 radical (unpaired) electrons. The number of hydrogen-bond donors (Lipinski definition) is 1. The first kappa shape index (κ1) is 15.9. The van der Waals surface area contributed by atoms with Crippen LogP contribution in [0.4, 0.5) is 4.53 Å². The van der Waals surface area contributed by atoms with E-state index in [1.165, 1.54) is 0 Å². The minimum Gasteiger partial charge on any atom is -0.279 e. The van der Waals surface area contributed by atoms with Crippen LogP contribution in [0.2, 0.25) is 0 Å². The van der Waals surface area contributed by atoms with E-state index in [2.05, 4.69) is 4.39 Å².